The summed E-state index contributed by atoms with van der Waals surface area (Å²) in [7, 11) is 0. The molecule has 0 saturated carbocycles. The van der Waals surface area contributed by atoms with Gasteiger partial charge in [-0.1, -0.05) is 140 Å². The molecule has 1 heterocycles. The van der Waals surface area contributed by atoms with Gasteiger partial charge in [-0.25, -0.2) is 0 Å². The first-order valence-corrected chi connectivity index (χ1v) is 15.9. The molecule has 0 fully saturated rings. The van der Waals surface area contributed by atoms with Crippen LogP contribution in [0, 0.1) is 11.8 Å². The number of fused-ring (bicyclic) bond motifs is 4. The molecule has 4 heteroatoms. The fraction of sp³-hybridized carbons (Fsp3) is 0.167. The molecule has 5 aromatic rings. The van der Waals surface area contributed by atoms with Crippen LogP contribution in [0.1, 0.15) is 78.6 Å². The van der Waals surface area contributed by atoms with Crippen LogP contribution in [-0.4, -0.2) is 17.5 Å². The minimum Gasteiger partial charge on any atom is -0.426 e. The molecule has 5 aromatic carbocycles. The highest BCUT2D eigenvalue weighted by Crippen LogP contribution is 2.63. The SMILES string of the molecule is O=C(C[C@@H]1c2ccccc2[C@@H](C2c3ccccc3[C@H]3C=C(c4ccccc4)OC(=O)[C@@H]23)[C@H]1C(=O)c1ccccc1)c1ccccc1. The number of hydrogen-bond acceptors (Lipinski definition) is 4. The van der Waals surface area contributed by atoms with Crippen molar-refractivity contribution in [3.8, 4) is 0 Å². The number of esters is 1. The van der Waals surface area contributed by atoms with E-state index in [0.717, 1.165) is 27.8 Å². The molecule has 8 rings (SSSR count). The van der Waals surface area contributed by atoms with Crippen molar-refractivity contribution in [2.24, 2.45) is 11.8 Å². The van der Waals surface area contributed by atoms with Crippen molar-refractivity contribution in [3.05, 3.63) is 185 Å². The summed E-state index contributed by atoms with van der Waals surface area (Å²) in [6.45, 7) is 0. The third kappa shape index (κ3) is 4.64. The topological polar surface area (TPSA) is 60.4 Å². The molecule has 4 nitrogen and oxygen atoms in total. The number of Topliss-reactive ketones (excluding diaryl/α,β-unsaturated/α-hetero) is 2. The number of carbonyl (C=O) groups is 3. The Labute approximate surface area is 268 Å². The van der Waals surface area contributed by atoms with Crippen LogP contribution in [0.15, 0.2) is 146 Å². The molecule has 46 heavy (non-hydrogen) atoms. The number of cyclic esters (lactones) is 1. The average molecular weight is 601 g/mol. The van der Waals surface area contributed by atoms with E-state index in [2.05, 4.69) is 30.3 Å². The second-order valence-electron chi connectivity index (χ2n) is 12.5. The molecule has 0 bridgehead atoms. The molecule has 2 aliphatic carbocycles. The smallest absolute Gasteiger partial charge is 0.315 e. The van der Waals surface area contributed by atoms with Crippen molar-refractivity contribution in [1.29, 1.82) is 0 Å². The monoisotopic (exact) mass is 600 g/mol. The van der Waals surface area contributed by atoms with Crippen LogP contribution >= 0.6 is 0 Å². The highest BCUT2D eigenvalue weighted by molar-refractivity contribution is 6.02. The van der Waals surface area contributed by atoms with Crippen LogP contribution in [0.25, 0.3) is 5.76 Å². The lowest BCUT2D eigenvalue weighted by Gasteiger charge is -2.34. The number of ketones is 2. The maximum absolute atomic E-state index is 14.8. The summed E-state index contributed by atoms with van der Waals surface area (Å²) in [5.41, 5.74) is 6.32. The van der Waals surface area contributed by atoms with E-state index in [1.165, 1.54) is 0 Å². The van der Waals surface area contributed by atoms with Crippen molar-refractivity contribution >= 4 is 23.3 Å². The fourth-order valence-corrected chi connectivity index (χ4v) is 8.29. The minimum atomic E-state index is -0.545. The van der Waals surface area contributed by atoms with E-state index in [4.69, 9.17) is 4.74 Å². The molecule has 1 unspecified atom stereocenters. The lowest BCUT2D eigenvalue weighted by atomic mass is 9.68. The van der Waals surface area contributed by atoms with Crippen molar-refractivity contribution < 1.29 is 19.1 Å². The van der Waals surface area contributed by atoms with E-state index >= 15 is 0 Å². The van der Waals surface area contributed by atoms with Gasteiger partial charge in [0.2, 0.25) is 0 Å². The Morgan fingerprint density at radius 1 is 0.543 bits per heavy atom. The van der Waals surface area contributed by atoms with E-state index in [0.29, 0.717) is 16.9 Å². The molecule has 0 aromatic heterocycles. The van der Waals surface area contributed by atoms with E-state index in [1.807, 2.05) is 115 Å². The number of allylic oxidation sites excluding steroid dienone is 1. The Balaban J connectivity index is 1.29. The molecule has 0 saturated heterocycles. The number of benzene rings is 5. The van der Waals surface area contributed by atoms with E-state index < -0.39 is 11.8 Å². The third-order valence-corrected chi connectivity index (χ3v) is 10.2. The molecule has 1 aliphatic heterocycles. The molecule has 3 aliphatic rings. The Bertz CT molecular complexity index is 1980. The molecule has 6 atom stereocenters. The molecule has 0 radical (unpaired) electrons. The summed E-state index contributed by atoms with van der Waals surface area (Å²) in [6.07, 6.45) is 2.29. The van der Waals surface area contributed by atoms with Crippen molar-refractivity contribution in [2.45, 2.75) is 30.1 Å². The summed E-state index contributed by atoms with van der Waals surface area (Å²) in [4.78, 5) is 42.8. The Morgan fingerprint density at radius 2 is 1.07 bits per heavy atom. The van der Waals surface area contributed by atoms with Crippen LogP contribution in [0.5, 0.6) is 0 Å². The van der Waals surface area contributed by atoms with Crippen LogP contribution in [0.4, 0.5) is 0 Å². The second kappa shape index (κ2) is 11.5. The average Bonchev–Trinajstić information content (AvgIpc) is 3.61. The normalized spacial score (nSPS) is 24.3. The highest BCUT2D eigenvalue weighted by Gasteiger charge is 2.57. The van der Waals surface area contributed by atoms with Crippen molar-refractivity contribution in [3.63, 3.8) is 0 Å². The quantitative estimate of drug-likeness (QED) is 0.138. The van der Waals surface area contributed by atoms with Crippen LogP contribution in [0.3, 0.4) is 0 Å². The summed E-state index contributed by atoms with van der Waals surface area (Å²) < 4.78 is 6.11. The highest BCUT2D eigenvalue weighted by atomic mass is 16.5. The van der Waals surface area contributed by atoms with E-state index in [9.17, 15) is 14.4 Å². The van der Waals surface area contributed by atoms with Gasteiger partial charge in [-0.2, -0.15) is 0 Å². The first kappa shape index (κ1) is 28.1. The minimum absolute atomic E-state index is 0.00159. The van der Waals surface area contributed by atoms with E-state index in [1.54, 1.807) is 0 Å². The lowest BCUT2D eigenvalue weighted by molar-refractivity contribution is -0.143. The Hall–Kier alpha value is -5.35. The second-order valence-corrected chi connectivity index (χ2v) is 12.5. The van der Waals surface area contributed by atoms with Gasteiger partial charge in [-0.05, 0) is 28.3 Å². The summed E-state index contributed by atoms with van der Waals surface area (Å²) in [5.74, 6) is -1.93. The van der Waals surface area contributed by atoms with Crippen LogP contribution < -0.4 is 0 Å². The Morgan fingerprint density at radius 3 is 1.72 bits per heavy atom. The van der Waals surface area contributed by atoms with Gasteiger partial charge in [0, 0.05) is 52.7 Å². The Kier molecular flexibility index (Phi) is 7.06. The summed E-state index contributed by atoms with van der Waals surface area (Å²) in [6, 6.07) is 44.8. The predicted octanol–water partition coefficient (Wildman–Crippen LogP) is 8.73. The van der Waals surface area contributed by atoms with Crippen molar-refractivity contribution in [1.82, 2.24) is 0 Å². The lowest BCUT2D eigenvalue weighted by Crippen LogP contribution is -2.34. The van der Waals surface area contributed by atoms with Gasteiger partial charge >= 0.3 is 5.97 Å². The zero-order valence-electron chi connectivity index (χ0n) is 25.2. The largest absolute Gasteiger partial charge is 0.426 e. The predicted molar refractivity (Wildman–Crippen MR) is 178 cm³/mol. The van der Waals surface area contributed by atoms with Gasteiger partial charge in [0.15, 0.2) is 11.6 Å². The number of ether oxygens (including phenoxy) is 1. The van der Waals surface area contributed by atoms with Gasteiger partial charge in [0.25, 0.3) is 0 Å². The third-order valence-electron chi connectivity index (χ3n) is 10.2. The van der Waals surface area contributed by atoms with Crippen molar-refractivity contribution in [2.75, 3.05) is 0 Å². The molecule has 0 amide bonds. The maximum Gasteiger partial charge on any atom is 0.315 e. The summed E-state index contributed by atoms with van der Waals surface area (Å²) in [5, 5.41) is 0. The first-order chi connectivity index (χ1) is 22.6. The molecule has 224 valence electrons. The maximum atomic E-state index is 14.8. The van der Waals surface area contributed by atoms with Gasteiger partial charge in [-0.15, -0.1) is 0 Å². The molecule has 0 spiro atoms. The van der Waals surface area contributed by atoms with Crippen LogP contribution in [-0.2, 0) is 9.53 Å². The van der Waals surface area contributed by atoms with Gasteiger partial charge < -0.3 is 4.74 Å². The number of rotatable bonds is 7. The zero-order valence-corrected chi connectivity index (χ0v) is 25.2. The standard InChI is InChI=1S/C42H32O4/c43-35(26-14-4-1-5-15-26)24-33-29-20-10-12-22-31(29)37(39(33)41(44)28-18-8-3-9-19-28)38-32-23-13-11-21-30(32)34-25-36(46-42(45)40(34)38)27-16-6-2-7-17-27/h1-23,25,33-34,37-40H,24H2/t33-,34-,37+,38?,39+,40-/m1/s1. The first-order valence-electron chi connectivity index (χ1n) is 15.9. The summed E-state index contributed by atoms with van der Waals surface area (Å²) >= 11 is 0. The molecule has 0 N–H and O–H groups in total. The van der Waals surface area contributed by atoms with Gasteiger partial charge in [-0.3, -0.25) is 14.4 Å². The number of hydrogen-bond donors (Lipinski definition) is 0. The number of carbonyl (C=O) groups excluding carboxylic acids is 3. The molecular formula is C42H32O4. The van der Waals surface area contributed by atoms with Gasteiger partial charge in [0.05, 0.1) is 5.92 Å². The zero-order chi connectivity index (χ0) is 31.2. The van der Waals surface area contributed by atoms with E-state index in [-0.39, 0.29) is 47.6 Å². The van der Waals surface area contributed by atoms with Gasteiger partial charge in [0.1, 0.15) is 5.76 Å². The van der Waals surface area contributed by atoms with Crippen LogP contribution in [0.2, 0.25) is 0 Å². The molecular weight excluding hydrogens is 568 g/mol. The fourth-order valence-electron chi connectivity index (χ4n) is 8.29.